The van der Waals surface area contributed by atoms with Crippen molar-refractivity contribution in [2.45, 2.75) is 19.9 Å². The third kappa shape index (κ3) is 3.95. The molecule has 0 saturated carbocycles. The van der Waals surface area contributed by atoms with Crippen molar-refractivity contribution >= 4 is 51.5 Å². The predicted molar refractivity (Wildman–Crippen MR) is 126 cm³/mol. The van der Waals surface area contributed by atoms with Crippen LogP contribution < -0.4 is 14.8 Å². The molecule has 2 aromatic carbocycles. The number of carbonyl (C=O) groups is 3. The van der Waals surface area contributed by atoms with Crippen molar-refractivity contribution in [2.24, 2.45) is 0 Å². The van der Waals surface area contributed by atoms with Crippen LogP contribution in [0.5, 0.6) is 11.5 Å². The third-order valence-electron chi connectivity index (χ3n) is 5.45. The quantitative estimate of drug-likeness (QED) is 0.555. The molecule has 33 heavy (non-hydrogen) atoms. The molecule has 2 aliphatic rings. The highest BCUT2D eigenvalue weighted by Crippen LogP contribution is 2.36. The lowest BCUT2D eigenvalue weighted by Crippen LogP contribution is -2.36. The molecule has 1 aromatic heterocycles. The van der Waals surface area contributed by atoms with Crippen LogP contribution in [0.3, 0.4) is 0 Å². The summed E-state index contributed by atoms with van der Waals surface area (Å²) < 4.78 is 12.7. The maximum absolute atomic E-state index is 12.9. The number of hydrogen-bond acceptors (Lipinski definition) is 6. The lowest BCUT2D eigenvalue weighted by atomic mass is 10.1. The number of hydrogen-bond donors (Lipinski definition) is 1. The smallest absolute Gasteiger partial charge is 0.294 e. The van der Waals surface area contributed by atoms with Gasteiger partial charge in [-0.2, -0.15) is 0 Å². The van der Waals surface area contributed by atoms with Crippen molar-refractivity contribution in [1.29, 1.82) is 0 Å². The SMILES string of the molecule is CC(C)n1cc(/C=C2\SC(=O)N(CC(=O)Nc3ccc4c(c3)OCO4)C2=O)c2ccccc21. The van der Waals surface area contributed by atoms with Gasteiger partial charge in [0.1, 0.15) is 6.54 Å². The van der Waals surface area contributed by atoms with E-state index in [9.17, 15) is 14.4 Å². The van der Waals surface area contributed by atoms with Crippen LogP contribution >= 0.6 is 11.8 Å². The minimum atomic E-state index is -0.479. The molecule has 2 aliphatic heterocycles. The molecule has 3 aromatic rings. The lowest BCUT2D eigenvalue weighted by molar-refractivity contribution is -0.127. The second kappa shape index (κ2) is 8.32. The van der Waals surface area contributed by atoms with Crippen LogP contribution in [0.25, 0.3) is 17.0 Å². The average Bonchev–Trinajstić information content (AvgIpc) is 3.47. The molecule has 3 heterocycles. The van der Waals surface area contributed by atoms with E-state index in [-0.39, 0.29) is 19.4 Å². The van der Waals surface area contributed by atoms with E-state index in [1.807, 2.05) is 30.5 Å². The summed E-state index contributed by atoms with van der Waals surface area (Å²) in [6.07, 6.45) is 3.71. The number of nitrogens with zero attached hydrogens (tertiary/aromatic N) is 2. The fourth-order valence-corrected chi connectivity index (χ4v) is 4.70. The molecule has 8 nitrogen and oxygen atoms in total. The number of carbonyl (C=O) groups excluding carboxylic acids is 3. The number of ether oxygens (including phenoxy) is 2. The molecule has 0 unspecified atom stereocenters. The van der Waals surface area contributed by atoms with Gasteiger partial charge < -0.3 is 19.4 Å². The normalized spacial score (nSPS) is 16.5. The number of anilines is 1. The van der Waals surface area contributed by atoms with Gasteiger partial charge in [0.2, 0.25) is 12.7 Å². The van der Waals surface area contributed by atoms with Gasteiger partial charge in [-0.1, -0.05) is 18.2 Å². The largest absolute Gasteiger partial charge is 0.454 e. The number of thioether (sulfide) groups is 1. The standard InChI is InChI=1S/C24H21N3O5S/c1-14(2)26-11-15(17-5-3-4-6-18(17)26)9-21-23(29)27(24(30)33-21)12-22(28)25-16-7-8-19-20(10-16)32-13-31-19/h3-11,14H,12-13H2,1-2H3,(H,25,28)/b21-9-. The topological polar surface area (TPSA) is 89.9 Å². The molecule has 168 valence electrons. The Labute approximate surface area is 194 Å². The van der Waals surface area contributed by atoms with E-state index in [2.05, 4.69) is 23.7 Å². The molecule has 9 heteroatoms. The Balaban J connectivity index is 1.34. The van der Waals surface area contributed by atoms with Gasteiger partial charge in [-0.05, 0) is 49.9 Å². The Hall–Kier alpha value is -3.72. The highest BCUT2D eigenvalue weighted by molar-refractivity contribution is 8.18. The van der Waals surface area contributed by atoms with Crippen LogP contribution in [0.4, 0.5) is 10.5 Å². The molecule has 5 rings (SSSR count). The summed E-state index contributed by atoms with van der Waals surface area (Å²) in [5.74, 6) is 0.173. The minimum Gasteiger partial charge on any atom is -0.454 e. The van der Waals surface area contributed by atoms with Crippen LogP contribution in [0.2, 0.25) is 0 Å². The zero-order valence-corrected chi connectivity index (χ0v) is 18.8. The monoisotopic (exact) mass is 463 g/mol. The van der Waals surface area contributed by atoms with Crippen molar-refractivity contribution in [2.75, 3.05) is 18.7 Å². The second-order valence-corrected chi connectivity index (χ2v) is 8.98. The number of fused-ring (bicyclic) bond motifs is 2. The first kappa shape index (κ1) is 21.1. The predicted octanol–water partition coefficient (Wildman–Crippen LogP) is 4.63. The number of para-hydroxylation sites is 1. The van der Waals surface area contributed by atoms with Gasteiger partial charge in [-0.3, -0.25) is 19.3 Å². The van der Waals surface area contributed by atoms with Gasteiger partial charge in [0.25, 0.3) is 11.1 Å². The van der Waals surface area contributed by atoms with Crippen molar-refractivity contribution in [3.63, 3.8) is 0 Å². The van der Waals surface area contributed by atoms with Gasteiger partial charge in [-0.15, -0.1) is 0 Å². The number of amides is 3. The first-order chi connectivity index (χ1) is 15.9. The van der Waals surface area contributed by atoms with Crippen molar-refractivity contribution in [3.8, 4) is 11.5 Å². The summed E-state index contributed by atoms with van der Waals surface area (Å²) in [5.41, 5.74) is 2.41. The van der Waals surface area contributed by atoms with Gasteiger partial charge in [-0.25, -0.2) is 0 Å². The number of benzene rings is 2. The Morgan fingerprint density at radius 2 is 1.94 bits per heavy atom. The molecular formula is C24H21N3O5S. The van der Waals surface area contributed by atoms with Crippen molar-refractivity contribution in [3.05, 3.63) is 59.1 Å². The Kier molecular flexibility index (Phi) is 5.33. The Morgan fingerprint density at radius 1 is 1.15 bits per heavy atom. The fourth-order valence-electron chi connectivity index (χ4n) is 3.87. The van der Waals surface area contributed by atoms with Gasteiger partial charge in [0.15, 0.2) is 11.5 Å². The number of imide groups is 1. The van der Waals surface area contributed by atoms with E-state index in [0.29, 0.717) is 22.1 Å². The summed E-state index contributed by atoms with van der Waals surface area (Å²) in [4.78, 5) is 39.2. The first-order valence-corrected chi connectivity index (χ1v) is 11.3. The summed E-state index contributed by atoms with van der Waals surface area (Å²) >= 11 is 0.840. The lowest BCUT2D eigenvalue weighted by Gasteiger charge is -2.12. The Bertz CT molecular complexity index is 1330. The highest BCUT2D eigenvalue weighted by atomic mass is 32.2. The van der Waals surface area contributed by atoms with E-state index < -0.39 is 17.1 Å². The fraction of sp³-hybridized carbons (Fsp3) is 0.208. The summed E-state index contributed by atoms with van der Waals surface area (Å²) in [6.45, 7) is 3.93. The number of nitrogens with one attached hydrogen (secondary N) is 1. The van der Waals surface area contributed by atoms with Gasteiger partial charge >= 0.3 is 0 Å². The molecule has 3 amide bonds. The molecular weight excluding hydrogens is 442 g/mol. The second-order valence-electron chi connectivity index (χ2n) is 7.99. The van der Waals surface area contributed by atoms with Crippen LogP contribution in [0.15, 0.2) is 53.6 Å². The van der Waals surface area contributed by atoms with E-state index in [1.165, 1.54) is 0 Å². The van der Waals surface area contributed by atoms with Crippen LogP contribution in [-0.2, 0) is 9.59 Å². The van der Waals surface area contributed by atoms with E-state index in [0.717, 1.165) is 33.1 Å². The maximum Gasteiger partial charge on any atom is 0.294 e. The zero-order chi connectivity index (χ0) is 23.1. The van der Waals surface area contributed by atoms with E-state index in [1.54, 1.807) is 24.3 Å². The molecule has 1 N–H and O–H groups in total. The highest BCUT2D eigenvalue weighted by Gasteiger charge is 2.36. The van der Waals surface area contributed by atoms with Crippen molar-refractivity contribution < 1.29 is 23.9 Å². The van der Waals surface area contributed by atoms with Crippen LogP contribution in [0.1, 0.15) is 25.5 Å². The number of rotatable bonds is 5. The van der Waals surface area contributed by atoms with Gasteiger partial charge in [0.05, 0.1) is 4.91 Å². The minimum absolute atomic E-state index is 0.131. The summed E-state index contributed by atoms with van der Waals surface area (Å²) in [7, 11) is 0. The van der Waals surface area contributed by atoms with E-state index >= 15 is 0 Å². The molecule has 0 aliphatic carbocycles. The molecule has 1 fully saturated rings. The zero-order valence-electron chi connectivity index (χ0n) is 18.0. The number of aromatic nitrogens is 1. The van der Waals surface area contributed by atoms with E-state index in [4.69, 9.17) is 9.47 Å². The summed E-state index contributed by atoms with van der Waals surface area (Å²) in [6, 6.07) is 13.2. The van der Waals surface area contributed by atoms with Crippen LogP contribution in [0, 0.1) is 0 Å². The van der Waals surface area contributed by atoms with Crippen molar-refractivity contribution in [1.82, 2.24) is 9.47 Å². The third-order valence-corrected chi connectivity index (χ3v) is 6.35. The first-order valence-electron chi connectivity index (χ1n) is 10.4. The molecule has 1 saturated heterocycles. The maximum atomic E-state index is 12.9. The molecule has 0 radical (unpaired) electrons. The van der Waals surface area contributed by atoms with Gasteiger partial charge in [0, 0.05) is 40.5 Å². The van der Waals surface area contributed by atoms with Crippen LogP contribution in [-0.4, -0.2) is 39.9 Å². The molecule has 0 spiro atoms. The molecule has 0 bridgehead atoms. The Morgan fingerprint density at radius 3 is 2.76 bits per heavy atom. The average molecular weight is 464 g/mol. The molecule has 0 atom stereocenters. The summed E-state index contributed by atoms with van der Waals surface area (Å²) in [5, 5.41) is 3.22.